The number of nitrogens with two attached hydrogens (primary N) is 1. The molecule has 1 aliphatic heterocycles. The topological polar surface area (TPSA) is 70.3 Å². The van der Waals surface area contributed by atoms with E-state index in [2.05, 4.69) is 15.2 Å². The van der Waals surface area contributed by atoms with Crippen LogP contribution < -0.4 is 11.1 Å². The first-order valence-corrected chi connectivity index (χ1v) is 11.1. The molecule has 0 atom stereocenters. The first-order valence-electron chi connectivity index (χ1n) is 10.3. The Balaban J connectivity index is 1.53. The zero-order valence-electron chi connectivity index (χ0n) is 17.7. The molecular formula is C22H25F3N6S. The lowest BCUT2D eigenvalue weighted by Crippen LogP contribution is -2.48. The van der Waals surface area contributed by atoms with Gasteiger partial charge in [-0.05, 0) is 36.8 Å². The van der Waals surface area contributed by atoms with Gasteiger partial charge in [-0.25, -0.2) is 9.97 Å². The summed E-state index contributed by atoms with van der Waals surface area (Å²) in [6, 6.07) is 11.5. The van der Waals surface area contributed by atoms with Gasteiger partial charge in [0.1, 0.15) is 5.82 Å². The molecule has 0 bridgehead atoms. The molecule has 3 N–H and O–H groups in total. The van der Waals surface area contributed by atoms with E-state index in [0.717, 1.165) is 26.8 Å². The molecule has 4 rings (SSSR count). The minimum absolute atomic E-state index is 0.399. The van der Waals surface area contributed by atoms with Crippen LogP contribution in [-0.4, -0.2) is 58.7 Å². The smallest absolute Gasteiger partial charge is 0.399 e. The van der Waals surface area contributed by atoms with Crippen LogP contribution in [0.3, 0.4) is 0 Å². The molecular weight excluding hydrogens is 437 g/mol. The van der Waals surface area contributed by atoms with Crippen LogP contribution in [0.1, 0.15) is 10.4 Å². The zero-order chi connectivity index (χ0) is 22.7. The van der Waals surface area contributed by atoms with E-state index < -0.39 is 12.7 Å². The van der Waals surface area contributed by atoms with Crippen molar-refractivity contribution >= 4 is 28.0 Å². The van der Waals surface area contributed by atoms with Crippen molar-refractivity contribution in [3.05, 3.63) is 53.0 Å². The molecule has 170 valence electrons. The Bertz CT molecular complexity index is 1060. The third-order valence-electron chi connectivity index (χ3n) is 5.20. The van der Waals surface area contributed by atoms with Crippen LogP contribution in [-0.2, 0) is 6.54 Å². The Labute approximate surface area is 188 Å². The maximum atomic E-state index is 12.7. The van der Waals surface area contributed by atoms with Crippen molar-refractivity contribution in [2.45, 2.75) is 19.6 Å². The number of aromatic nitrogens is 2. The van der Waals surface area contributed by atoms with Crippen molar-refractivity contribution in [1.29, 1.82) is 0 Å². The average molecular weight is 463 g/mol. The fraction of sp³-hybridized carbons (Fsp3) is 0.364. The third kappa shape index (κ3) is 6.18. The molecule has 6 nitrogen and oxygen atoms in total. The number of aryl methyl sites for hydroxylation is 1. The van der Waals surface area contributed by atoms with Gasteiger partial charge in [0.05, 0.1) is 12.2 Å². The van der Waals surface area contributed by atoms with Crippen molar-refractivity contribution in [2.24, 2.45) is 0 Å². The van der Waals surface area contributed by atoms with Crippen molar-refractivity contribution in [3.63, 3.8) is 0 Å². The first-order chi connectivity index (χ1) is 15.2. The van der Waals surface area contributed by atoms with E-state index in [-0.39, 0.29) is 0 Å². The maximum absolute atomic E-state index is 12.7. The van der Waals surface area contributed by atoms with Gasteiger partial charge in [0.25, 0.3) is 0 Å². The van der Waals surface area contributed by atoms with Crippen molar-refractivity contribution in [1.82, 2.24) is 19.8 Å². The lowest BCUT2D eigenvalue weighted by Gasteiger charge is -2.35. The lowest BCUT2D eigenvalue weighted by atomic mass is 10.1. The molecule has 32 heavy (non-hydrogen) atoms. The second kappa shape index (κ2) is 9.43. The molecule has 1 fully saturated rings. The molecule has 0 amide bonds. The molecule has 1 aromatic carbocycles. The van der Waals surface area contributed by atoms with Crippen LogP contribution >= 0.6 is 11.3 Å². The Morgan fingerprint density at radius 3 is 2.50 bits per heavy atom. The molecule has 3 heterocycles. The number of hydrogen-bond acceptors (Lipinski definition) is 7. The number of alkyl halides is 3. The van der Waals surface area contributed by atoms with Gasteiger partial charge in [0, 0.05) is 55.0 Å². The second-order valence-corrected chi connectivity index (χ2v) is 9.17. The summed E-state index contributed by atoms with van der Waals surface area (Å²) in [5, 5.41) is 4.03. The summed E-state index contributed by atoms with van der Waals surface area (Å²) >= 11 is 1.54. The van der Waals surface area contributed by atoms with E-state index >= 15 is 0 Å². The van der Waals surface area contributed by atoms with E-state index in [1.807, 2.05) is 43.3 Å². The molecule has 0 unspecified atom stereocenters. The quantitative estimate of drug-likeness (QED) is 0.525. The highest BCUT2D eigenvalue weighted by Gasteiger charge is 2.32. The maximum Gasteiger partial charge on any atom is 0.401 e. The van der Waals surface area contributed by atoms with Gasteiger partial charge in [0.15, 0.2) is 5.13 Å². The van der Waals surface area contributed by atoms with Crippen LogP contribution in [0.2, 0.25) is 0 Å². The minimum atomic E-state index is -4.16. The fourth-order valence-electron chi connectivity index (χ4n) is 3.73. The van der Waals surface area contributed by atoms with E-state index in [9.17, 15) is 13.2 Å². The normalized spacial score (nSPS) is 15.8. The minimum Gasteiger partial charge on any atom is -0.399 e. The van der Waals surface area contributed by atoms with Crippen molar-refractivity contribution in [3.8, 4) is 11.3 Å². The summed E-state index contributed by atoms with van der Waals surface area (Å²) in [5.41, 5.74) is 9.32. The van der Waals surface area contributed by atoms with Gasteiger partial charge in [-0.1, -0.05) is 12.1 Å². The number of rotatable bonds is 6. The number of piperazine rings is 1. The largest absolute Gasteiger partial charge is 0.401 e. The third-order valence-corrected chi connectivity index (χ3v) is 6.03. The lowest BCUT2D eigenvalue weighted by molar-refractivity contribution is -0.149. The zero-order valence-corrected chi connectivity index (χ0v) is 18.5. The Kier molecular flexibility index (Phi) is 6.63. The highest BCUT2D eigenvalue weighted by molar-refractivity contribution is 7.15. The Hall–Kier alpha value is -2.69. The predicted molar refractivity (Wildman–Crippen MR) is 122 cm³/mol. The standard InChI is InChI=1S/C22H25F3N6S/c1-15-12-27-21(32-15)29-20-10-16(9-19(28-20)17-3-2-4-18(26)11-17)13-30-5-7-31(8-6-30)14-22(23,24)25/h2-4,9-12H,5-8,13-14,26H2,1H3,(H,27,28,29). The molecule has 0 saturated carbocycles. The van der Waals surface area contributed by atoms with Crippen LogP contribution in [0.25, 0.3) is 11.3 Å². The number of pyridine rings is 1. The summed E-state index contributed by atoms with van der Waals surface area (Å²) < 4.78 is 38.0. The van der Waals surface area contributed by atoms with Gasteiger partial charge in [-0.2, -0.15) is 13.2 Å². The Morgan fingerprint density at radius 1 is 1.09 bits per heavy atom. The van der Waals surface area contributed by atoms with Gasteiger partial charge < -0.3 is 11.1 Å². The predicted octanol–water partition coefficient (Wildman–Crippen LogP) is 4.52. The SMILES string of the molecule is Cc1cnc(Nc2cc(CN3CCN(CC(F)(F)F)CC3)cc(-c3cccc(N)c3)n2)s1. The van der Waals surface area contributed by atoms with Gasteiger partial charge in [-0.3, -0.25) is 9.80 Å². The number of nitrogen functional groups attached to an aromatic ring is 1. The number of nitrogens with one attached hydrogen (secondary N) is 1. The molecule has 1 aliphatic rings. The van der Waals surface area contributed by atoms with Crippen LogP contribution in [0.4, 0.5) is 29.8 Å². The summed E-state index contributed by atoms with van der Waals surface area (Å²) in [6.45, 7) is 3.73. The van der Waals surface area contributed by atoms with E-state index in [4.69, 9.17) is 10.7 Å². The number of halogens is 3. The van der Waals surface area contributed by atoms with Gasteiger partial charge in [0.2, 0.25) is 0 Å². The van der Waals surface area contributed by atoms with E-state index in [0.29, 0.717) is 44.2 Å². The van der Waals surface area contributed by atoms with Crippen LogP contribution in [0.5, 0.6) is 0 Å². The Morgan fingerprint density at radius 2 is 1.84 bits per heavy atom. The number of thiazole rings is 1. The summed E-state index contributed by atoms with van der Waals surface area (Å²) in [4.78, 5) is 13.8. The fourth-order valence-corrected chi connectivity index (χ4v) is 4.40. The highest BCUT2D eigenvalue weighted by atomic mass is 32.1. The molecule has 10 heteroatoms. The highest BCUT2D eigenvalue weighted by Crippen LogP contribution is 2.27. The summed E-state index contributed by atoms with van der Waals surface area (Å²) in [7, 11) is 0. The molecule has 0 radical (unpaired) electrons. The number of benzene rings is 1. The molecule has 3 aromatic rings. The van der Waals surface area contributed by atoms with Crippen molar-refractivity contribution < 1.29 is 13.2 Å². The van der Waals surface area contributed by atoms with E-state index in [1.165, 1.54) is 4.90 Å². The van der Waals surface area contributed by atoms with Gasteiger partial charge >= 0.3 is 6.18 Å². The summed E-state index contributed by atoms with van der Waals surface area (Å²) in [5.74, 6) is 0.671. The second-order valence-electron chi connectivity index (χ2n) is 7.94. The van der Waals surface area contributed by atoms with Crippen LogP contribution in [0.15, 0.2) is 42.6 Å². The number of hydrogen-bond donors (Lipinski definition) is 2. The molecule has 1 saturated heterocycles. The summed E-state index contributed by atoms with van der Waals surface area (Å²) in [6.07, 6.45) is -2.36. The number of anilines is 3. The number of nitrogens with zero attached hydrogens (tertiary/aromatic N) is 4. The molecule has 2 aromatic heterocycles. The molecule has 0 aliphatic carbocycles. The molecule has 0 spiro atoms. The van der Waals surface area contributed by atoms with Gasteiger partial charge in [-0.15, -0.1) is 11.3 Å². The monoisotopic (exact) mass is 462 g/mol. The van der Waals surface area contributed by atoms with Crippen LogP contribution in [0, 0.1) is 6.92 Å². The average Bonchev–Trinajstić information content (AvgIpc) is 3.13. The first kappa shape index (κ1) is 22.5. The van der Waals surface area contributed by atoms with Crippen molar-refractivity contribution in [2.75, 3.05) is 43.8 Å². The van der Waals surface area contributed by atoms with E-state index in [1.54, 1.807) is 17.5 Å².